The van der Waals surface area contributed by atoms with Gasteiger partial charge in [0.05, 0.1) is 5.02 Å². The zero-order valence-electron chi connectivity index (χ0n) is 11.2. The zero-order chi connectivity index (χ0) is 14.5. The molecule has 0 aliphatic carbocycles. The van der Waals surface area contributed by atoms with Crippen molar-refractivity contribution in [3.63, 3.8) is 0 Å². The van der Waals surface area contributed by atoms with Crippen LogP contribution in [0.3, 0.4) is 0 Å². The molecule has 0 heterocycles. The highest BCUT2D eigenvalue weighted by Crippen LogP contribution is 2.18. The summed E-state index contributed by atoms with van der Waals surface area (Å²) in [5.74, 6) is -0.389. The van der Waals surface area contributed by atoms with Crippen LogP contribution in [0.1, 0.15) is 18.1 Å². The lowest BCUT2D eigenvalue weighted by Crippen LogP contribution is -2.27. The van der Waals surface area contributed by atoms with Crippen LogP contribution in [0.5, 0.6) is 0 Å². The normalized spacial score (nSPS) is 12.4. The average Bonchev–Trinajstić information content (AvgIpc) is 2.43. The summed E-state index contributed by atoms with van der Waals surface area (Å²) in [4.78, 5) is 0. The van der Waals surface area contributed by atoms with Crippen LogP contribution in [-0.4, -0.2) is 6.04 Å². The molecule has 2 aromatic carbocycles. The summed E-state index contributed by atoms with van der Waals surface area (Å²) >= 11 is 11.9. The van der Waals surface area contributed by atoms with Gasteiger partial charge in [0.25, 0.3) is 0 Å². The topological polar surface area (TPSA) is 12.0 Å². The summed E-state index contributed by atoms with van der Waals surface area (Å²) < 4.78 is 13.1. The molecule has 0 radical (unpaired) electrons. The molecular weight excluding hydrogens is 296 g/mol. The van der Waals surface area contributed by atoms with E-state index in [4.69, 9.17) is 23.2 Å². The van der Waals surface area contributed by atoms with Crippen LogP contribution < -0.4 is 5.32 Å². The number of halogens is 3. The molecule has 0 spiro atoms. The smallest absolute Gasteiger partial charge is 0.141 e. The molecule has 4 heteroatoms. The maximum atomic E-state index is 13.1. The Morgan fingerprint density at radius 1 is 1.10 bits per heavy atom. The van der Waals surface area contributed by atoms with E-state index >= 15 is 0 Å². The van der Waals surface area contributed by atoms with Gasteiger partial charge in [-0.05, 0) is 42.7 Å². The number of nitrogens with one attached hydrogen (secondary N) is 1. The van der Waals surface area contributed by atoms with Gasteiger partial charge in [0.15, 0.2) is 0 Å². The Balaban J connectivity index is 1.90. The molecule has 0 amide bonds. The summed E-state index contributed by atoms with van der Waals surface area (Å²) in [7, 11) is 0. The van der Waals surface area contributed by atoms with E-state index in [2.05, 4.69) is 12.2 Å². The van der Waals surface area contributed by atoms with Gasteiger partial charge < -0.3 is 5.32 Å². The van der Waals surface area contributed by atoms with E-state index in [-0.39, 0.29) is 16.9 Å². The summed E-state index contributed by atoms with van der Waals surface area (Å²) in [5, 5.41) is 4.32. The van der Waals surface area contributed by atoms with Crippen LogP contribution in [0, 0.1) is 5.82 Å². The minimum Gasteiger partial charge on any atom is -0.310 e. The van der Waals surface area contributed by atoms with Crippen LogP contribution in [0.25, 0.3) is 0 Å². The summed E-state index contributed by atoms with van der Waals surface area (Å²) in [6.45, 7) is 2.74. The van der Waals surface area contributed by atoms with Gasteiger partial charge in [-0.25, -0.2) is 4.39 Å². The van der Waals surface area contributed by atoms with Gasteiger partial charge >= 0.3 is 0 Å². The van der Waals surface area contributed by atoms with E-state index in [1.807, 2.05) is 24.3 Å². The van der Waals surface area contributed by atoms with Crippen molar-refractivity contribution in [2.75, 3.05) is 0 Å². The second kappa shape index (κ2) is 7.07. The molecule has 0 bridgehead atoms. The summed E-state index contributed by atoms with van der Waals surface area (Å²) in [6.07, 6.45) is 0.842. The van der Waals surface area contributed by atoms with Crippen LogP contribution >= 0.6 is 23.2 Å². The lowest BCUT2D eigenvalue weighted by atomic mass is 10.1. The first-order chi connectivity index (χ1) is 9.56. The van der Waals surface area contributed by atoms with Gasteiger partial charge in [-0.3, -0.25) is 0 Å². The first-order valence-electron chi connectivity index (χ1n) is 6.47. The fourth-order valence-corrected chi connectivity index (χ4v) is 2.42. The molecule has 0 aliphatic heterocycles. The van der Waals surface area contributed by atoms with Gasteiger partial charge in [-0.1, -0.05) is 47.5 Å². The second-order valence-electron chi connectivity index (χ2n) is 4.83. The van der Waals surface area contributed by atoms with E-state index < -0.39 is 0 Å². The summed E-state index contributed by atoms with van der Waals surface area (Å²) in [5.41, 5.74) is 2.08. The van der Waals surface area contributed by atoms with E-state index in [1.54, 1.807) is 12.1 Å². The van der Waals surface area contributed by atoms with Gasteiger partial charge in [-0.15, -0.1) is 0 Å². The van der Waals surface area contributed by atoms with E-state index in [9.17, 15) is 4.39 Å². The van der Waals surface area contributed by atoms with Crippen molar-refractivity contribution in [3.8, 4) is 0 Å². The predicted octanol–water partition coefficient (Wildman–Crippen LogP) is 4.85. The molecule has 0 saturated carbocycles. The number of hydrogen-bond donors (Lipinski definition) is 1. The van der Waals surface area contributed by atoms with Gasteiger partial charge in [0.1, 0.15) is 5.82 Å². The fourth-order valence-electron chi connectivity index (χ4n) is 2.01. The molecular formula is C16H16Cl2FN. The zero-order valence-corrected chi connectivity index (χ0v) is 12.7. The third-order valence-corrected chi connectivity index (χ3v) is 3.78. The number of benzene rings is 2. The Morgan fingerprint density at radius 2 is 1.85 bits per heavy atom. The van der Waals surface area contributed by atoms with Gasteiger partial charge in [-0.2, -0.15) is 0 Å². The van der Waals surface area contributed by atoms with Crippen LogP contribution in [0.4, 0.5) is 4.39 Å². The highest BCUT2D eigenvalue weighted by atomic mass is 35.5. The predicted molar refractivity (Wildman–Crippen MR) is 82.9 cm³/mol. The SMILES string of the molecule is CC(Cc1ccccc1Cl)NCc1ccc(F)c(Cl)c1. The van der Waals surface area contributed by atoms with Crippen molar-refractivity contribution in [2.45, 2.75) is 25.9 Å². The minimum atomic E-state index is -0.389. The molecule has 0 saturated heterocycles. The Kier molecular flexibility index (Phi) is 5.41. The van der Waals surface area contributed by atoms with Crippen molar-refractivity contribution >= 4 is 23.2 Å². The van der Waals surface area contributed by atoms with Crippen molar-refractivity contribution in [1.29, 1.82) is 0 Å². The Bertz CT molecular complexity index is 586. The van der Waals surface area contributed by atoms with Crippen molar-refractivity contribution in [1.82, 2.24) is 5.32 Å². The molecule has 0 aliphatic rings. The minimum absolute atomic E-state index is 0.156. The van der Waals surface area contributed by atoms with E-state index in [0.717, 1.165) is 22.6 Å². The molecule has 1 nitrogen and oxygen atoms in total. The highest BCUT2D eigenvalue weighted by molar-refractivity contribution is 6.31. The molecule has 0 aromatic heterocycles. The van der Waals surface area contributed by atoms with Crippen LogP contribution in [-0.2, 0) is 13.0 Å². The molecule has 2 rings (SSSR count). The quantitative estimate of drug-likeness (QED) is 0.832. The molecule has 1 unspecified atom stereocenters. The second-order valence-corrected chi connectivity index (χ2v) is 5.64. The molecule has 1 atom stereocenters. The van der Waals surface area contributed by atoms with E-state index in [0.29, 0.717) is 6.54 Å². The van der Waals surface area contributed by atoms with Crippen LogP contribution in [0.2, 0.25) is 10.0 Å². The fraction of sp³-hybridized carbons (Fsp3) is 0.250. The monoisotopic (exact) mass is 311 g/mol. The first-order valence-corrected chi connectivity index (χ1v) is 7.22. The molecule has 1 N–H and O–H groups in total. The highest BCUT2D eigenvalue weighted by Gasteiger charge is 2.07. The Labute approximate surface area is 128 Å². The lowest BCUT2D eigenvalue weighted by molar-refractivity contribution is 0.544. The average molecular weight is 312 g/mol. The lowest BCUT2D eigenvalue weighted by Gasteiger charge is -2.15. The third-order valence-electron chi connectivity index (χ3n) is 3.12. The first kappa shape index (κ1) is 15.3. The maximum absolute atomic E-state index is 13.1. The maximum Gasteiger partial charge on any atom is 0.141 e. The summed E-state index contributed by atoms with van der Waals surface area (Å²) in [6, 6.07) is 12.8. The molecule has 0 fully saturated rings. The number of rotatable bonds is 5. The molecule has 106 valence electrons. The van der Waals surface area contributed by atoms with Crippen molar-refractivity contribution in [3.05, 3.63) is 69.5 Å². The van der Waals surface area contributed by atoms with Crippen LogP contribution in [0.15, 0.2) is 42.5 Å². The number of hydrogen-bond acceptors (Lipinski definition) is 1. The van der Waals surface area contributed by atoms with Crippen molar-refractivity contribution in [2.24, 2.45) is 0 Å². The van der Waals surface area contributed by atoms with Crippen molar-refractivity contribution < 1.29 is 4.39 Å². The molecule has 20 heavy (non-hydrogen) atoms. The van der Waals surface area contributed by atoms with Gasteiger partial charge in [0.2, 0.25) is 0 Å². The third kappa shape index (κ3) is 4.20. The standard InChI is InChI=1S/C16H16Cl2FN/c1-11(8-13-4-2-3-5-14(13)17)20-10-12-6-7-16(19)15(18)9-12/h2-7,9,11,20H,8,10H2,1H3. The molecule has 2 aromatic rings. The Hall–Kier alpha value is -1.09. The Morgan fingerprint density at radius 3 is 2.55 bits per heavy atom. The largest absolute Gasteiger partial charge is 0.310 e. The van der Waals surface area contributed by atoms with Gasteiger partial charge in [0, 0.05) is 17.6 Å². The van der Waals surface area contributed by atoms with E-state index in [1.165, 1.54) is 6.07 Å².